The zero-order valence-corrected chi connectivity index (χ0v) is 16.6. The van der Waals surface area contributed by atoms with E-state index in [9.17, 15) is 9.59 Å². The molecule has 1 aliphatic rings. The Morgan fingerprint density at radius 2 is 1.87 bits per heavy atom. The molecule has 30 heavy (non-hydrogen) atoms. The second kappa shape index (κ2) is 10.2. The van der Waals surface area contributed by atoms with Crippen LogP contribution >= 0.6 is 0 Å². The van der Waals surface area contributed by atoms with E-state index in [-0.39, 0.29) is 0 Å². The van der Waals surface area contributed by atoms with Crippen LogP contribution in [0.15, 0.2) is 61.2 Å². The summed E-state index contributed by atoms with van der Waals surface area (Å²) in [7, 11) is 0. The van der Waals surface area contributed by atoms with Crippen LogP contribution in [0.3, 0.4) is 0 Å². The highest BCUT2D eigenvalue weighted by Gasteiger charge is 2.18. The van der Waals surface area contributed by atoms with E-state index in [2.05, 4.69) is 11.9 Å². The first kappa shape index (κ1) is 21.0. The molecule has 2 aromatic rings. The van der Waals surface area contributed by atoms with E-state index in [0.29, 0.717) is 42.8 Å². The van der Waals surface area contributed by atoms with Crippen LogP contribution in [0.2, 0.25) is 0 Å². The van der Waals surface area contributed by atoms with Gasteiger partial charge >= 0.3 is 5.97 Å². The van der Waals surface area contributed by atoms with Crippen LogP contribution in [0.25, 0.3) is 6.08 Å². The van der Waals surface area contributed by atoms with Crippen molar-refractivity contribution in [1.29, 1.82) is 0 Å². The van der Waals surface area contributed by atoms with Gasteiger partial charge in [0.15, 0.2) is 17.6 Å². The third-order valence-corrected chi connectivity index (χ3v) is 4.13. The lowest BCUT2D eigenvalue weighted by Gasteiger charge is -2.19. The van der Waals surface area contributed by atoms with Crippen LogP contribution in [0, 0.1) is 0 Å². The molecule has 0 saturated heterocycles. The van der Waals surface area contributed by atoms with Crippen LogP contribution in [0.5, 0.6) is 17.2 Å². The molecular weight excluding hydrogens is 386 g/mol. The molecule has 7 nitrogen and oxygen atoms in total. The smallest absolute Gasteiger partial charge is 0.331 e. The van der Waals surface area contributed by atoms with Crippen molar-refractivity contribution in [2.45, 2.75) is 13.0 Å². The van der Waals surface area contributed by atoms with Crippen molar-refractivity contribution in [3.05, 3.63) is 66.8 Å². The largest absolute Gasteiger partial charge is 0.490 e. The highest BCUT2D eigenvalue weighted by Crippen LogP contribution is 2.32. The third-order valence-electron chi connectivity index (χ3n) is 4.13. The molecule has 1 atom stereocenters. The summed E-state index contributed by atoms with van der Waals surface area (Å²) in [4.78, 5) is 24.3. The zero-order valence-electron chi connectivity index (χ0n) is 16.6. The first-order chi connectivity index (χ1) is 14.5. The van der Waals surface area contributed by atoms with Gasteiger partial charge in [-0.05, 0) is 42.8 Å². The van der Waals surface area contributed by atoms with Crippen molar-refractivity contribution >= 4 is 23.6 Å². The van der Waals surface area contributed by atoms with E-state index in [1.807, 2.05) is 0 Å². The Hall–Kier alpha value is -3.74. The normalized spacial score (nSPS) is 13.4. The molecule has 1 heterocycles. The SMILES string of the molecule is C=CCOc1ccc(/C=C/C(=O)O[C@H](C)C(=O)Nc2ccc3c(c2)OCCO3)cc1. The van der Waals surface area contributed by atoms with E-state index in [1.165, 1.54) is 13.0 Å². The monoisotopic (exact) mass is 409 g/mol. The van der Waals surface area contributed by atoms with Crippen molar-refractivity contribution in [2.75, 3.05) is 25.1 Å². The highest BCUT2D eigenvalue weighted by molar-refractivity contribution is 5.96. The predicted octanol–water partition coefficient (Wildman–Crippen LogP) is 3.61. The summed E-state index contributed by atoms with van der Waals surface area (Å²) in [5.74, 6) is 0.833. The number of amides is 1. The van der Waals surface area contributed by atoms with Crippen LogP contribution < -0.4 is 19.5 Å². The summed E-state index contributed by atoms with van der Waals surface area (Å²) in [6.45, 7) is 6.47. The van der Waals surface area contributed by atoms with Gasteiger partial charge in [0.2, 0.25) is 0 Å². The first-order valence-corrected chi connectivity index (χ1v) is 9.48. The molecule has 0 fully saturated rings. The minimum absolute atomic E-state index is 0.424. The molecule has 0 saturated carbocycles. The summed E-state index contributed by atoms with van der Waals surface area (Å²) in [5.41, 5.74) is 1.33. The van der Waals surface area contributed by atoms with Gasteiger partial charge < -0.3 is 24.3 Å². The van der Waals surface area contributed by atoms with E-state index in [4.69, 9.17) is 18.9 Å². The number of hydrogen-bond donors (Lipinski definition) is 1. The summed E-state index contributed by atoms with van der Waals surface area (Å²) < 4.78 is 21.5. The van der Waals surface area contributed by atoms with E-state index < -0.39 is 18.0 Å². The molecule has 0 unspecified atom stereocenters. The number of carbonyl (C=O) groups is 2. The number of hydrogen-bond acceptors (Lipinski definition) is 6. The Morgan fingerprint density at radius 1 is 1.13 bits per heavy atom. The number of rotatable bonds is 8. The predicted molar refractivity (Wildman–Crippen MR) is 113 cm³/mol. The Balaban J connectivity index is 1.50. The number of nitrogens with one attached hydrogen (secondary N) is 1. The van der Waals surface area contributed by atoms with Crippen molar-refractivity contribution in [3.63, 3.8) is 0 Å². The summed E-state index contributed by atoms with van der Waals surface area (Å²) >= 11 is 0. The Kier molecular flexibility index (Phi) is 7.10. The van der Waals surface area contributed by atoms with Gasteiger partial charge in [-0.1, -0.05) is 24.8 Å². The molecule has 7 heteroatoms. The number of carbonyl (C=O) groups excluding carboxylic acids is 2. The maximum Gasteiger partial charge on any atom is 0.331 e. The zero-order chi connectivity index (χ0) is 21.3. The van der Waals surface area contributed by atoms with Crippen LogP contribution in [0.4, 0.5) is 5.69 Å². The minimum atomic E-state index is -0.968. The Bertz CT molecular complexity index is 935. The summed E-state index contributed by atoms with van der Waals surface area (Å²) in [6.07, 6.45) is 3.57. The quantitative estimate of drug-likeness (QED) is 0.407. The fourth-order valence-corrected chi connectivity index (χ4v) is 2.63. The lowest BCUT2D eigenvalue weighted by Crippen LogP contribution is -2.29. The van der Waals surface area contributed by atoms with E-state index in [1.54, 1.807) is 54.6 Å². The average molecular weight is 409 g/mol. The number of esters is 1. The van der Waals surface area contributed by atoms with Crippen molar-refractivity contribution in [1.82, 2.24) is 0 Å². The van der Waals surface area contributed by atoms with Gasteiger partial charge in [-0.3, -0.25) is 4.79 Å². The second-order valence-electron chi connectivity index (χ2n) is 6.43. The van der Waals surface area contributed by atoms with E-state index >= 15 is 0 Å². The molecule has 0 aromatic heterocycles. The third kappa shape index (κ3) is 5.88. The van der Waals surface area contributed by atoms with Gasteiger partial charge in [0, 0.05) is 17.8 Å². The molecule has 1 aliphatic heterocycles. The first-order valence-electron chi connectivity index (χ1n) is 9.48. The summed E-state index contributed by atoms with van der Waals surface area (Å²) in [5, 5.41) is 2.70. The van der Waals surface area contributed by atoms with Crippen molar-refractivity contribution in [3.8, 4) is 17.2 Å². The fourth-order valence-electron chi connectivity index (χ4n) is 2.63. The lowest BCUT2D eigenvalue weighted by molar-refractivity contribution is -0.148. The maximum absolute atomic E-state index is 12.3. The molecule has 0 bridgehead atoms. The number of benzene rings is 2. The van der Waals surface area contributed by atoms with Gasteiger partial charge in [-0.15, -0.1) is 0 Å². The molecular formula is C23H23NO6. The van der Waals surface area contributed by atoms with Crippen LogP contribution in [-0.4, -0.2) is 37.8 Å². The topological polar surface area (TPSA) is 83.1 Å². The summed E-state index contributed by atoms with van der Waals surface area (Å²) in [6, 6.07) is 12.3. The van der Waals surface area contributed by atoms with Gasteiger partial charge in [-0.2, -0.15) is 0 Å². The van der Waals surface area contributed by atoms with Gasteiger partial charge in [-0.25, -0.2) is 4.79 Å². The highest BCUT2D eigenvalue weighted by atomic mass is 16.6. The fraction of sp³-hybridized carbons (Fsp3) is 0.217. The molecule has 1 amide bonds. The molecule has 0 radical (unpaired) electrons. The number of fused-ring (bicyclic) bond motifs is 1. The van der Waals surface area contributed by atoms with Crippen LogP contribution in [-0.2, 0) is 14.3 Å². The standard InChI is InChI=1S/C23H23NO6/c1-3-12-27-19-8-4-17(5-9-19)6-11-22(25)30-16(2)23(26)24-18-7-10-20-21(15-18)29-14-13-28-20/h3-11,15-16H,1,12-14H2,2H3,(H,24,26)/b11-6+/t16-/m1/s1. The van der Waals surface area contributed by atoms with Gasteiger partial charge in [0.1, 0.15) is 25.6 Å². The van der Waals surface area contributed by atoms with Crippen molar-refractivity contribution < 1.29 is 28.5 Å². The molecule has 0 spiro atoms. The Morgan fingerprint density at radius 3 is 2.60 bits per heavy atom. The molecule has 0 aliphatic carbocycles. The lowest BCUT2D eigenvalue weighted by atomic mass is 10.2. The van der Waals surface area contributed by atoms with E-state index in [0.717, 1.165) is 5.56 Å². The minimum Gasteiger partial charge on any atom is -0.490 e. The van der Waals surface area contributed by atoms with Gasteiger partial charge in [0.25, 0.3) is 5.91 Å². The molecule has 1 N–H and O–H groups in total. The van der Waals surface area contributed by atoms with Gasteiger partial charge in [0.05, 0.1) is 0 Å². The van der Waals surface area contributed by atoms with Crippen LogP contribution in [0.1, 0.15) is 12.5 Å². The maximum atomic E-state index is 12.3. The molecule has 156 valence electrons. The number of ether oxygens (including phenoxy) is 4. The number of anilines is 1. The average Bonchev–Trinajstić information content (AvgIpc) is 2.76. The molecule has 2 aromatic carbocycles. The second-order valence-corrected chi connectivity index (χ2v) is 6.43. The molecule has 3 rings (SSSR count). The van der Waals surface area contributed by atoms with Crippen molar-refractivity contribution in [2.24, 2.45) is 0 Å². The Labute approximate surface area is 174 Å².